The SMILES string of the molecule is Cc1cccc(CS(=O)(=O)Nc2cccc(-c3nc(C)no3)c2)c1. The molecule has 1 heterocycles. The van der Waals surface area contributed by atoms with Crippen molar-refractivity contribution >= 4 is 15.7 Å². The van der Waals surface area contributed by atoms with Gasteiger partial charge in [-0.15, -0.1) is 0 Å². The van der Waals surface area contributed by atoms with Crippen LogP contribution < -0.4 is 4.72 Å². The van der Waals surface area contributed by atoms with Gasteiger partial charge in [-0.25, -0.2) is 8.42 Å². The number of nitrogens with one attached hydrogen (secondary N) is 1. The van der Waals surface area contributed by atoms with Crippen molar-refractivity contribution in [3.63, 3.8) is 0 Å². The van der Waals surface area contributed by atoms with Crippen LogP contribution in [-0.2, 0) is 15.8 Å². The Balaban J connectivity index is 1.80. The molecule has 0 saturated carbocycles. The molecular weight excluding hydrogens is 326 g/mol. The predicted molar refractivity (Wildman–Crippen MR) is 91.9 cm³/mol. The fourth-order valence-electron chi connectivity index (χ4n) is 2.37. The molecule has 24 heavy (non-hydrogen) atoms. The monoisotopic (exact) mass is 343 g/mol. The second kappa shape index (κ2) is 6.45. The van der Waals surface area contributed by atoms with E-state index in [0.29, 0.717) is 23.0 Å². The Morgan fingerprint density at radius 2 is 1.88 bits per heavy atom. The Bertz CT molecular complexity index is 964. The maximum atomic E-state index is 12.4. The maximum Gasteiger partial charge on any atom is 0.257 e. The van der Waals surface area contributed by atoms with Crippen molar-refractivity contribution in [1.82, 2.24) is 10.1 Å². The molecule has 124 valence electrons. The number of aryl methyl sites for hydroxylation is 2. The summed E-state index contributed by atoms with van der Waals surface area (Å²) < 4.78 is 32.4. The number of benzene rings is 2. The molecule has 0 amide bonds. The summed E-state index contributed by atoms with van der Waals surface area (Å²) in [5.74, 6) is 0.793. The number of aromatic nitrogens is 2. The lowest BCUT2D eigenvalue weighted by Gasteiger charge is -2.09. The Labute approximate surface area is 140 Å². The van der Waals surface area contributed by atoms with Crippen LogP contribution in [0.5, 0.6) is 0 Å². The van der Waals surface area contributed by atoms with Gasteiger partial charge in [0.15, 0.2) is 5.82 Å². The minimum atomic E-state index is -3.51. The predicted octanol–water partition coefficient (Wildman–Crippen LogP) is 3.30. The van der Waals surface area contributed by atoms with E-state index in [4.69, 9.17) is 4.52 Å². The molecule has 0 aliphatic heterocycles. The van der Waals surface area contributed by atoms with Gasteiger partial charge in [-0.3, -0.25) is 4.72 Å². The van der Waals surface area contributed by atoms with E-state index in [1.807, 2.05) is 25.1 Å². The summed E-state index contributed by atoms with van der Waals surface area (Å²) in [7, 11) is -3.51. The van der Waals surface area contributed by atoms with Gasteiger partial charge in [-0.05, 0) is 37.6 Å². The Kier molecular flexibility index (Phi) is 4.35. The van der Waals surface area contributed by atoms with Crippen LogP contribution in [0.3, 0.4) is 0 Å². The first-order valence-electron chi connectivity index (χ1n) is 7.38. The van der Waals surface area contributed by atoms with Gasteiger partial charge < -0.3 is 4.52 Å². The molecule has 0 saturated heterocycles. The molecule has 0 aliphatic rings. The van der Waals surface area contributed by atoms with E-state index in [9.17, 15) is 8.42 Å². The molecule has 7 heteroatoms. The van der Waals surface area contributed by atoms with E-state index in [1.54, 1.807) is 37.3 Å². The lowest BCUT2D eigenvalue weighted by atomic mass is 10.2. The van der Waals surface area contributed by atoms with Crippen molar-refractivity contribution in [1.29, 1.82) is 0 Å². The van der Waals surface area contributed by atoms with Crippen molar-refractivity contribution in [3.8, 4) is 11.5 Å². The minimum absolute atomic E-state index is 0.0847. The first-order chi connectivity index (χ1) is 11.4. The average molecular weight is 343 g/mol. The third-order valence-electron chi connectivity index (χ3n) is 3.35. The third kappa shape index (κ3) is 3.99. The Morgan fingerprint density at radius 3 is 2.58 bits per heavy atom. The number of hydrogen-bond acceptors (Lipinski definition) is 5. The molecule has 3 rings (SSSR count). The van der Waals surface area contributed by atoms with Crippen LogP contribution in [0.15, 0.2) is 53.1 Å². The standard InChI is InChI=1S/C17H17N3O3S/c1-12-5-3-6-14(9-12)11-24(21,22)20-16-8-4-7-15(10-16)17-18-13(2)19-23-17/h3-10,20H,11H2,1-2H3. The van der Waals surface area contributed by atoms with Gasteiger partial charge in [0, 0.05) is 11.3 Å². The minimum Gasteiger partial charge on any atom is -0.334 e. The van der Waals surface area contributed by atoms with Crippen molar-refractivity contribution in [2.24, 2.45) is 0 Å². The lowest BCUT2D eigenvalue weighted by molar-refractivity contribution is 0.425. The molecule has 0 fully saturated rings. The Hall–Kier alpha value is -2.67. The van der Waals surface area contributed by atoms with Gasteiger partial charge in [0.1, 0.15) is 0 Å². The third-order valence-corrected chi connectivity index (χ3v) is 4.61. The fraction of sp³-hybridized carbons (Fsp3) is 0.176. The van der Waals surface area contributed by atoms with E-state index in [1.165, 1.54) is 0 Å². The summed E-state index contributed by atoms with van der Waals surface area (Å²) in [5, 5.41) is 3.74. The first kappa shape index (κ1) is 16.2. The second-order valence-corrected chi connectivity index (χ2v) is 7.30. The van der Waals surface area contributed by atoms with Gasteiger partial charge in [-0.2, -0.15) is 4.98 Å². The molecule has 1 N–H and O–H groups in total. The molecule has 0 unspecified atom stereocenters. The van der Waals surface area contributed by atoms with Crippen LogP contribution in [0.4, 0.5) is 5.69 Å². The van der Waals surface area contributed by atoms with E-state index in [-0.39, 0.29) is 5.75 Å². The molecule has 0 atom stereocenters. The summed E-state index contributed by atoms with van der Waals surface area (Å²) in [6.07, 6.45) is 0. The molecule has 0 spiro atoms. The van der Waals surface area contributed by atoms with E-state index in [2.05, 4.69) is 14.9 Å². The van der Waals surface area contributed by atoms with Gasteiger partial charge >= 0.3 is 0 Å². The quantitative estimate of drug-likeness (QED) is 0.768. The van der Waals surface area contributed by atoms with Crippen molar-refractivity contribution in [2.45, 2.75) is 19.6 Å². The van der Waals surface area contributed by atoms with Crippen LogP contribution in [0.2, 0.25) is 0 Å². The first-order valence-corrected chi connectivity index (χ1v) is 9.03. The molecule has 0 bridgehead atoms. The highest BCUT2D eigenvalue weighted by Gasteiger charge is 2.13. The Morgan fingerprint density at radius 1 is 1.08 bits per heavy atom. The number of nitrogens with zero attached hydrogens (tertiary/aromatic N) is 2. The number of hydrogen-bond donors (Lipinski definition) is 1. The smallest absolute Gasteiger partial charge is 0.257 e. The second-order valence-electron chi connectivity index (χ2n) is 5.58. The van der Waals surface area contributed by atoms with E-state index >= 15 is 0 Å². The van der Waals surface area contributed by atoms with Gasteiger partial charge in [0.2, 0.25) is 10.0 Å². The van der Waals surface area contributed by atoms with E-state index in [0.717, 1.165) is 11.1 Å². The molecule has 1 aromatic heterocycles. The summed E-state index contributed by atoms with van der Waals surface area (Å²) in [6, 6.07) is 14.3. The summed E-state index contributed by atoms with van der Waals surface area (Å²) in [6.45, 7) is 3.65. The van der Waals surface area contributed by atoms with Gasteiger partial charge in [-0.1, -0.05) is 41.1 Å². The highest BCUT2D eigenvalue weighted by molar-refractivity contribution is 7.91. The summed E-state index contributed by atoms with van der Waals surface area (Å²) in [4.78, 5) is 4.14. The molecule has 0 aliphatic carbocycles. The van der Waals surface area contributed by atoms with Crippen LogP contribution in [0.1, 0.15) is 17.0 Å². The average Bonchev–Trinajstić information content (AvgIpc) is 2.93. The fourth-order valence-corrected chi connectivity index (χ4v) is 3.54. The van der Waals surface area contributed by atoms with Crippen LogP contribution >= 0.6 is 0 Å². The zero-order chi connectivity index (χ0) is 17.2. The lowest BCUT2D eigenvalue weighted by Crippen LogP contribution is -2.15. The molecule has 2 aromatic carbocycles. The summed E-state index contributed by atoms with van der Waals surface area (Å²) in [5.41, 5.74) is 2.88. The van der Waals surface area contributed by atoms with Gasteiger partial charge in [0.25, 0.3) is 5.89 Å². The van der Waals surface area contributed by atoms with Crippen LogP contribution in [-0.4, -0.2) is 18.6 Å². The van der Waals surface area contributed by atoms with Crippen LogP contribution in [0.25, 0.3) is 11.5 Å². The highest BCUT2D eigenvalue weighted by Crippen LogP contribution is 2.22. The maximum absolute atomic E-state index is 12.4. The molecule has 3 aromatic rings. The number of sulfonamides is 1. The number of rotatable bonds is 5. The molecule has 6 nitrogen and oxygen atoms in total. The zero-order valence-corrected chi connectivity index (χ0v) is 14.2. The highest BCUT2D eigenvalue weighted by atomic mass is 32.2. The van der Waals surface area contributed by atoms with E-state index < -0.39 is 10.0 Å². The zero-order valence-electron chi connectivity index (χ0n) is 13.4. The van der Waals surface area contributed by atoms with Crippen LogP contribution in [0, 0.1) is 13.8 Å². The topological polar surface area (TPSA) is 85.1 Å². The van der Waals surface area contributed by atoms with Crippen molar-refractivity contribution < 1.29 is 12.9 Å². The number of anilines is 1. The molecular formula is C17H17N3O3S. The van der Waals surface area contributed by atoms with Gasteiger partial charge in [0.05, 0.1) is 5.75 Å². The normalized spacial score (nSPS) is 11.4. The van der Waals surface area contributed by atoms with Crippen molar-refractivity contribution in [2.75, 3.05) is 4.72 Å². The molecule has 0 radical (unpaired) electrons. The summed E-state index contributed by atoms with van der Waals surface area (Å²) >= 11 is 0. The van der Waals surface area contributed by atoms with Crippen molar-refractivity contribution in [3.05, 3.63) is 65.5 Å². The largest absolute Gasteiger partial charge is 0.334 e.